The van der Waals surface area contributed by atoms with Crippen LogP contribution in [-0.4, -0.2) is 17.5 Å². The summed E-state index contributed by atoms with van der Waals surface area (Å²) >= 11 is 17.7. The summed E-state index contributed by atoms with van der Waals surface area (Å²) in [6.07, 6.45) is 0.169. The van der Waals surface area contributed by atoms with Crippen molar-refractivity contribution in [2.24, 2.45) is 5.10 Å². The minimum Gasteiger partial charge on any atom is -0.324 e. The van der Waals surface area contributed by atoms with Gasteiger partial charge in [0.2, 0.25) is 11.8 Å². The van der Waals surface area contributed by atoms with Gasteiger partial charge in [-0.2, -0.15) is 5.10 Å². The highest BCUT2D eigenvalue weighted by Crippen LogP contribution is 2.25. The van der Waals surface area contributed by atoms with Crippen molar-refractivity contribution >= 4 is 58.0 Å². The molecule has 136 valence electrons. The molecule has 2 aromatic carbocycles. The first-order chi connectivity index (χ1) is 12.3. The van der Waals surface area contributed by atoms with E-state index in [1.165, 1.54) is 0 Å². The molecule has 0 fully saturated rings. The van der Waals surface area contributed by atoms with Crippen LogP contribution in [0.25, 0.3) is 0 Å². The van der Waals surface area contributed by atoms with Crippen LogP contribution < -0.4 is 10.7 Å². The Kier molecular flexibility index (Phi) is 7.45. The van der Waals surface area contributed by atoms with Crippen molar-refractivity contribution in [1.29, 1.82) is 0 Å². The van der Waals surface area contributed by atoms with Crippen LogP contribution >= 0.6 is 34.8 Å². The molecular formula is C18H16Cl3N3O2. The van der Waals surface area contributed by atoms with Gasteiger partial charge >= 0.3 is 0 Å². The molecule has 0 unspecified atom stereocenters. The minimum atomic E-state index is -0.317. The highest BCUT2D eigenvalue weighted by Gasteiger charge is 2.09. The average Bonchev–Trinajstić information content (AvgIpc) is 2.58. The van der Waals surface area contributed by atoms with Gasteiger partial charge < -0.3 is 5.32 Å². The van der Waals surface area contributed by atoms with Gasteiger partial charge in [-0.15, -0.1) is 0 Å². The van der Waals surface area contributed by atoms with Gasteiger partial charge in [0, 0.05) is 15.8 Å². The topological polar surface area (TPSA) is 70.6 Å². The molecule has 0 aliphatic heterocycles. The van der Waals surface area contributed by atoms with Crippen molar-refractivity contribution in [2.45, 2.75) is 19.8 Å². The normalized spacial score (nSPS) is 11.2. The number of anilines is 1. The third-order valence-corrected chi connectivity index (χ3v) is 4.08. The maximum atomic E-state index is 12.0. The number of amides is 2. The van der Waals surface area contributed by atoms with E-state index in [1.807, 2.05) is 0 Å². The summed E-state index contributed by atoms with van der Waals surface area (Å²) in [4.78, 5) is 23.9. The van der Waals surface area contributed by atoms with E-state index in [0.717, 1.165) is 5.56 Å². The average molecular weight is 413 g/mol. The molecule has 0 atom stereocenters. The lowest BCUT2D eigenvalue weighted by molar-refractivity contribution is -0.120. The summed E-state index contributed by atoms with van der Waals surface area (Å²) in [5, 5.41) is 8.03. The molecule has 0 aromatic heterocycles. The molecule has 0 aliphatic carbocycles. The number of nitrogens with one attached hydrogen (secondary N) is 2. The Morgan fingerprint density at radius 3 is 2.31 bits per heavy atom. The summed E-state index contributed by atoms with van der Waals surface area (Å²) in [5.41, 5.74) is 4.11. The number of carbonyl (C=O) groups is 2. The zero-order valence-electron chi connectivity index (χ0n) is 13.9. The number of hydrogen-bond donors (Lipinski definition) is 2. The molecule has 0 saturated heterocycles. The van der Waals surface area contributed by atoms with E-state index < -0.39 is 0 Å². The number of nitrogens with zero attached hydrogens (tertiary/aromatic N) is 1. The highest BCUT2D eigenvalue weighted by atomic mass is 35.5. The van der Waals surface area contributed by atoms with Crippen LogP contribution in [0.15, 0.2) is 47.6 Å². The summed E-state index contributed by atoms with van der Waals surface area (Å²) in [5.74, 6) is -0.604. The smallest absolute Gasteiger partial charge is 0.244 e. The lowest BCUT2D eigenvalue weighted by Crippen LogP contribution is -2.22. The molecule has 0 heterocycles. The van der Waals surface area contributed by atoms with Gasteiger partial charge in [0.05, 0.1) is 23.6 Å². The van der Waals surface area contributed by atoms with E-state index in [9.17, 15) is 9.59 Å². The van der Waals surface area contributed by atoms with Gasteiger partial charge in [-0.25, -0.2) is 5.43 Å². The summed E-state index contributed by atoms with van der Waals surface area (Å²) < 4.78 is 0. The third kappa shape index (κ3) is 6.67. The molecule has 2 aromatic rings. The van der Waals surface area contributed by atoms with Crippen LogP contribution in [0.3, 0.4) is 0 Å². The van der Waals surface area contributed by atoms with Crippen LogP contribution in [0, 0.1) is 0 Å². The third-order valence-electron chi connectivity index (χ3n) is 3.27. The monoisotopic (exact) mass is 411 g/mol. The van der Waals surface area contributed by atoms with Gasteiger partial charge in [0.15, 0.2) is 0 Å². The van der Waals surface area contributed by atoms with Crippen LogP contribution in [-0.2, 0) is 16.0 Å². The van der Waals surface area contributed by atoms with Crippen molar-refractivity contribution in [3.63, 3.8) is 0 Å². The van der Waals surface area contributed by atoms with E-state index in [0.29, 0.717) is 26.5 Å². The molecule has 5 nitrogen and oxygen atoms in total. The standard InChI is InChI=1S/C18H16Cl3N3O2/c1-11(8-17(25)22-16-10-14(20)6-7-15(16)21)23-24-18(26)9-12-2-4-13(19)5-3-12/h2-7,10H,8-9H2,1H3,(H,22,25)(H,24,26). The van der Waals surface area contributed by atoms with E-state index >= 15 is 0 Å². The van der Waals surface area contributed by atoms with Gasteiger partial charge in [-0.3, -0.25) is 9.59 Å². The molecule has 2 N–H and O–H groups in total. The Bertz CT molecular complexity index is 836. The quantitative estimate of drug-likeness (QED) is 0.533. The van der Waals surface area contributed by atoms with Gasteiger partial charge in [0.1, 0.15) is 0 Å². The molecule has 0 radical (unpaired) electrons. The van der Waals surface area contributed by atoms with E-state index in [2.05, 4.69) is 15.8 Å². The summed E-state index contributed by atoms with van der Waals surface area (Å²) in [6, 6.07) is 11.7. The van der Waals surface area contributed by atoms with Crippen LogP contribution in [0.1, 0.15) is 18.9 Å². The van der Waals surface area contributed by atoms with E-state index in [-0.39, 0.29) is 24.7 Å². The largest absolute Gasteiger partial charge is 0.324 e. The molecule has 26 heavy (non-hydrogen) atoms. The molecule has 2 amide bonds. The number of hydrogen-bond acceptors (Lipinski definition) is 3. The van der Waals surface area contributed by atoms with Gasteiger partial charge in [0.25, 0.3) is 0 Å². The maximum Gasteiger partial charge on any atom is 0.244 e. The molecular weight excluding hydrogens is 397 g/mol. The SMILES string of the molecule is CC(CC(=O)Nc1cc(Cl)ccc1Cl)=NNC(=O)Cc1ccc(Cl)cc1. The number of benzene rings is 2. The summed E-state index contributed by atoms with van der Waals surface area (Å²) in [6.45, 7) is 1.64. The maximum absolute atomic E-state index is 12.0. The number of carbonyl (C=O) groups excluding carboxylic acids is 2. The number of halogens is 3. The van der Waals surface area contributed by atoms with Gasteiger partial charge in [-0.05, 0) is 42.8 Å². The molecule has 0 spiro atoms. The second kappa shape index (κ2) is 9.57. The zero-order chi connectivity index (χ0) is 19.1. The molecule has 0 bridgehead atoms. The fraction of sp³-hybridized carbons (Fsp3) is 0.167. The van der Waals surface area contributed by atoms with Crippen LogP contribution in [0.2, 0.25) is 15.1 Å². The Morgan fingerprint density at radius 1 is 0.962 bits per heavy atom. The first-order valence-electron chi connectivity index (χ1n) is 7.65. The lowest BCUT2D eigenvalue weighted by Gasteiger charge is -2.08. The second-order valence-electron chi connectivity index (χ2n) is 5.53. The van der Waals surface area contributed by atoms with E-state index in [4.69, 9.17) is 34.8 Å². The Labute approximate surface area is 166 Å². The zero-order valence-corrected chi connectivity index (χ0v) is 16.1. The molecule has 0 aliphatic rings. The Hall–Kier alpha value is -2.08. The van der Waals surface area contributed by atoms with E-state index in [1.54, 1.807) is 49.4 Å². The first kappa shape index (κ1) is 20.2. The lowest BCUT2D eigenvalue weighted by atomic mass is 10.1. The number of rotatable bonds is 6. The van der Waals surface area contributed by atoms with Crippen LogP contribution in [0.4, 0.5) is 5.69 Å². The summed E-state index contributed by atoms with van der Waals surface area (Å²) in [7, 11) is 0. The predicted molar refractivity (Wildman–Crippen MR) is 106 cm³/mol. The fourth-order valence-corrected chi connectivity index (χ4v) is 2.51. The van der Waals surface area contributed by atoms with Gasteiger partial charge in [-0.1, -0.05) is 46.9 Å². The molecule has 0 saturated carbocycles. The van der Waals surface area contributed by atoms with Crippen molar-refractivity contribution < 1.29 is 9.59 Å². The number of hydrazone groups is 1. The van der Waals surface area contributed by atoms with Crippen molar-refractivity contribution in [3.05, 3.63) is 63.1 Å². The Morgan fingerprint density at radius 2 is 1.62 bits per heavy atom. The van der Waals surface area contributed by atoms with Crippen LogP contribution in [0.5, 0.6) is 0 Å². The Balaban J connectivity index is 1.85. The van der Waals surface area contributed by atoms with Crippen molar-refractivity contribution in [3.8, 4) is 0 Å². The molecule has 8 heteroatoms. The highest BCUT2D eigenvalue weighted by molar-refractivity contribution is 6.35. The van der Waals surface area contributed by atoms with Crippen molar-refractivity contribution in [2.75, 3.05) is 5.32 Å². The van der Waals surface area contributed by atoms with Crippen molar-refractivity contribution in [1.82, 2.24) is 5.43 Å². The predicted octanol–water partition coefficient (Wildman–Crippen LogP) is 4.71. The fourth-order valence-electron chi connectivity index (χ4n) is 2.04. The minimum absolute atomic E-state index is 0.00403. The molecule has 2 rings (SSSR count). The second-order valence-corrected chi connectivity index (χ2v) is 6.81. The first-order valence-corrected chi connectivity index (χ1v) is 8.78.